The molecule has 3 heterocycles. The molecule has 0 saturated heterocycles. The number of hydrogen-bond donors (Lipinski definition) is 2. The van der Waals surface area contributed by atoms with E-state index in [1.807, 2.05) is 36.1 Å². The summed E-state index contributed by atoms with van der Waals surface area (Å²) >= 11 is 0. The number of aromatic nitrogens is 6. The van der Waals surface area contributed by atoms with Crippen LogP contribution in [-0.4, -0.2) is 78.6 Å². The van der Waals surface area contributed by atoms with Crippen molar-refractivity contribution >= 4 is 40.2 Å². The molecule has 0 aliphatic heterocycles. The first-order chi connectivity index (χ1) is 23.6. The van der Waals surface area contributed by atoms with Crippen molar-refractivity contribution in [2.45, 2.75) is 52.7 Å². The lowest BCUT2D eigenvalue weighted by Gasteiger charge is -2.12. The molecule has 0 spiro atoms. The molecule has 2 aromatic carbocycles. The summed E-state index contributed by atoms with van der Waals surface area (Å²) in [5.74, 6) is -0.115. The number of aldehydes is 1. The third-order valence-corrected chi connectivity index (χ3v) is 8.51. The zero-order valence-electron chi connectivity index (χ0n) is 28.8. The van der Waals surface area contributed by atoms with Gasteiger partial charge >= 0.3 is 0 Å². The number of aliphatic hydroxyl groups is 1. The molecule has 5 aromatic rings. The number of carbonyl (C=O) groups is 3. The van der Waals surface area contributed by atoms with E-state index in [1.165, 1.54) is 0 Å². The second kappa shape index (κ2) is 14.8. The summed E-state index contributed by atoms with van der Waals surface area (Å²) in [7, 11) is 6.97. The topological polar surface area (TPSA) is 178 Å². The number of aryl methyl sites for hydroxylation is 6. The third kappa shape index (κ3) is 6.66. The van der Waals surface area contributed by atoms with E-state index < -0.39 is 11.8 Å². The minimum Gasteiger partial charge on any atom is -0.494 e. The largest absolute Gasteiger partial charge is 0.494 e. The Balaban J connectivity index is 1.60. The van der Waals surface area contributed by atoms with Crippen LogP contribution in [0.15, 0.2) is 40.3 Å². The molecule has 49 heavy (non-hydrogen) atoms. The molecule has 0 unspecified atom stereocenters. The monoisotopic (exact) mass is 673 g/mol. The van der Waals surface area contributed by atoms with Crippen molar-refractivity contribution in [2.75, 3.05) is 27.4 Å². The lowest BCUT2D eigenvalue weighted by atomic mass is 10.1. The van der Waals surface area contributed by atoms with Crippen molar-refractivity contribution in [2.24, 2.45) is 29.8 Å². The summed E-state index contributed by atoms with van der Waals surface area (Å²) in [4.78, 5) is 46.7. The molecule has 0 saturated carbocycles. The number of carbonyl (C=O) groups excluding carboxylic acids is 3. The first-order valence-electron chi connectivity index (χ1n) is 16.1. The molecule has 0 bridgehead atoms. The summed E-state index contributed by atoms with van der Waals surface area (Å²) in [5.41, 5.74) is 11.5. The highest BCUT2D eigenvalue weighted by atomic mass is 16.5. The Labute approximate surface area is 282 Å². The van der Waals surface area contributed by atoms with Gasteiger partial charge in [-0.2, -0.15) is 10.1 Å². The van der Waals surface area contributed by atoms with Gasteiger partial charge in [0.1, 0.15) is 34.5 Å². The van der Waals surface area contributed by atoms with Crippen LogP contribution < -0.4 is 26.4 Å². The molecule has 0 aliphatic rings. The van der Waals surface area contributed by atoms with Gasteiger partial charge in [-0.3, -0.25) is 24.1 Å². The van der Waals surface area contributed by atoms with Gasteiger partial charge in [-0.05, 0) is 57.0 Å². The number of hydrogen-bond acceptors (Lipinski definition) is 8. The Kier molecular flexibility index (Phi) is 10.5. The van der Waals surface area contributed by atoms with E-state index in [0.717, 1.165) is 22.9 Å². The maximum Gasteiger partial charge on any atom is 0.298 e. The van der Waals surface area contributed by atoms with Crippen molar-refractivity contribution in [1.29, 1.82) is 0 Å². The van der Waals surface area contributed by atoms with Crippen molar-refractivity contribution in [3.8, 4) is 11.5 Å². The number of aliphatic hydroxyl groups excluding tert-OH is 1. The van der Waals surface area contributed by atoms with Crippen molar-refractivity contribution in [3.05, 3.63) is 64.1 Å². The van der Waals surface area contributed by atoms with Crippen molar-refractivity contribution < 1.29 is 29.0 Å². The Morgan fingerprint density at radius 3 is 2.22 bits per heavy atom. The fourth-order valence-corrected chi connectivity index (χ4v) is 6.24. The first-order valence-corrected chi connectivity index (χ1v) is 16.1. The molecule has 0 fully saturated rings. The zero-order valence-corrected chi connectivity index (χ0v) is 28.8. The lowest BCUT2D eigenvalue weighted by Crippen LogP contribution is -2.27. The van der Waals surface area contributed by atoms with Crippen LogP contribution >= 0.6 is 0 Å². The molecule has 3 aromatic heterocycles. The van der Waals surface area contributed by atoms with Crippen LogP contribution in [0.1, 0.15) is 63.1 Å². The second-order valence-electron chi connectivity index (χ2n) is 11.7. The van der Waals surface area contributed by atoms with Crippen LogP contribution in [0.5, 0.6) is 11.5 Å². The highest BCUT2D eigenvalue weighted by Gasteiger charge is 2.21. The van der Waals surface area contributed by atoms with Crippen molar-refractivity contribution in [1.82, 2.24) is 28.0 Å². The first kappa shape index (κ1) is 34.9. The molecule has 0 atom stereocenters. The van der Waals surface area contributed by atoms with Crippen LogP contribution in [0.4, 0.5) is 0 Å². The molecule has 2 amide bonds. The van der Waals surface area contributed by atoms with Crippen LogP contribution in [0.2, 0.25) is 0 Å². The molecule has 260 valence electrons. The van der Waals surface area contributed by atoms with Gasteiger partial charge in [-0.1, -0.05) is 0 Å². The van der Waals surface area contributed by atoms with Gasteiger partial charge in [0.2, 0.25) is 17.1 Å². The van der Waals surface area contributed by atoms with Gasteiger partial charge in [0.15, 0.2) is 0 Å². The summed E-state index contributed by atoms with van der Waals surface area (Å²) < 4.78 is 21.1. The molecule has 15 heteroatoms. The Bertz CT molecular complexity index is 2200. The van der Waals surface area contributed by atoms with Gasteiger partial charge in [-0.15, -0.1) is 0 Å². The number of nitrogens with zero attached hydrogens (tertiary/aromatic N) is 8. The van der Waals surface area contributed by atoms with E-state index in [0.29, 0.717) is 84.0 Å². The molecule has 5 rings (SSSR count). The lowest BCUT2D eigenvalue weighted by molar-refractivity contribution is 0.0981. The molecule has 15 nitrogen and oxygen atoms in total. The number of unbranched alkanes of at least 4 members (excludes halogenated alkanes) is 1. The Morgan fingerprint density at radius 1 is 0.959 bits per heavy atom. The number of ether oxygens (including phenoxy) is 2. The van der Waals surface area contributed by atoms with E-state index in [4.69, 9.17) is 15.2 Å². The number of fused-ring (bicyclic) bond motifs is 2. The van der Waals surface area contributed by atoms with Gasteiger partial charge in [0.05, 0.1) is 30.4 Å². The van der Waals surface area contributed by atoms with Crippen LogP contribution in [0, 0.1) is 6.92 Å². The average molecular weight is 674 g/mol. The molecule has 0 radical (unpaired) electrons. The quantitative estimate of drug-likeness (QED) is 0.134. The fourth-order valence-electron chi connectivity index (χ4n) is 6.24. The highest BCUT2D eigenvalue weighted by molar-refractivity contribution is 5.99. The molecular weight excluding hydrogens is 630 g/mol. The standard InChI is InChI=1S/C34H43N9O6/c1-7-43-26(15-21(2)38-43)32(47)37-34-40(5)25-18-23(31(35)46)19-28(49-14-10-13-44)30(25)42(34)12-9-8-11-41-29-24(39(4)33(41)36-3)16-22(20-45)17-27(29)48-6/h15-20,44H,7-14H2,1-6H3,(H2,35,46)/b36-33+,37-34+. The summed E-state index contributed by atoms with van der Waals surface area (Å²) in [6.45, 7) is 5.40. The second-order valence-corrected chi connectivity index (χ2v) is 11.7. The van der Waals surface area contributed by atoms with E-state index in [1.54, 1.807) is 54.7 Å². The number of nitrogens with two attached hydrogens (primary N) is 1. The number of rotatable bonds is 14. The number of primary amides is 1. The predicted molar refractivity (Wildman–Crippen MR) is 183 cm³/mol. The number of amides is 2. The number of methoxy groups -OCH3 is 1. The molecule has 0 aliphatic carbocycles. The van der Waals surface area contributed by atoms with Crippen molar-refractivity contribution in [3.63, 3.8) is 0 Å². The summed E-state index contributed by atoms with van der Waals surface area (Å²) in [6.07, 6.45) is 2.53. The Hall–Kier alpha value is -5.44. The van der Waals surface area contributed by atoms with Crippen LogP contribution in [0.25, 0.3) is 22.1 Å². The minimum absolute atomic E-state index is 0.0633. The minimum atomic E-state index is -0.626. The molecule has 3 N–H and O–H groups in total. The average Bonchev–Trinajstić information content (AvgIpc) is 3.70. The Morgan fingerprint density at radius 2 is 1.61 bits per heavy atom. The fraction of sp³-hybridized carbons (Fsp3) is 0.412. The predicted octanol–water partition coefficient (Wildman–Crippen LogP) is 2.23. The SMILES string of the molecule is CCn1nc(C)cc1C(=O)/N=c1\n(C)c2cc(C(N)=O)cc(OCCCO)c2n1CCCCn1/c(=N/C)n(C)c2cc(C=O)cc(OC)c21. The molecular formula is C34H43N9O6. The van der Waals surface area contributed by atoms with E-state index in [-0.39, 0.29) is 18.8 Å². The number of imidazole rings is 2. The third-order valence-electron chi connectivity index (χ3n) is 8.51. The normalized spacial score (nSPS) is 12.4. The maximum absolute atomic E-state index is 13.6. The smallest absolute Gasteiger partial charge is 0.298 e. The summed E-state index contributed by atoms with van der Waals surface area (Å²) in [5, 5.41) is 13.8. The van der Waals surface area contributed by atoms with Gasteiger partial charge in [-0.25, -0.2) is 0 Å². The summed E-state index contributed by atoms with van der Waals surface area (Å²) in [6, 6.07) is 8.49. The highest BCUT2D eigenvalue weighted by Crippen LogP contribution is 2.29. The van der Waals surface area contributed by atoms with Gasteiger partial charge in [0.25, 0.3) is 5.91 Å². The van der Waals surface area contributed by atoms with Crippen LogP contribution in [0.3, 0.4) is 0 Å². The maximum atomic E-state index is 13.6. The van der Waals surface area contributed by atoms with E-state index >= 15 is 0 Å². The van der Waals surface area contributed by atoms with Crippen LogP contribution in [-0.2, 0) is 33.7 Å². The number of benzene rings is 2. The van der Waals surface area contributed by atoms with E-state index in [2.05, 4.69) is 19.7 Å². The van der Waals surface area contributed by atoms with Gasteiger partial charge < -0.3 is 38.6 Å². The van der Waals surface area contributed by atoms with E-state index in [9.17, 15) is 19.5 Å². The zero-order chi connectivity index (χ0) is 35.4. The van der Waals surface area contributed by atoms with Gasteiger partial charge in [0, 0.05) is 64.9 Å².